The van der Waals surface area contributed by atoms with Crippen molar-refractivity contribution in [3.63, 3.8) is 0 Å². The second-order valence-electron chi connectivity index (χ2n) is 24.1. The SMILES string of the molecule is CC/C=C\C/C=C\C/C=C\C/C=C\C/C=C\CCCCCCCCCCCCCC(=O)OCC(COC(=O)CCCCCCCCCCCCCCCCC)OC(=O)CCCCCCCCCCCCC/C=C\C/C=C\CCCCCCC. The molecule has 6 heteroatoms. The van der Waals surface area contributed by atoms with Gasteiger partial charge < -0.3 is 14.2 Å². The van der Waals surface area contributed by atoms with Gasteiger partial charge in [0.2, 0.25) is 0 Å². The molecule has 0 saturated carbocycles. The van der Waals surface area contributed by atoms with Crippen LogP contribution in [0.2, 0.25) is 0 Å². The van der Waals surface area contributed by atoms with Gasteiger partial charge in [0.05, 0.1) is 0 Å². The Morgan fingerprint density at radius 3 is 0.735 bits per heavy atom. The number of hydrogen-bond acceptors (Lipinski definition) is 6. The van der Waals surface area contributed by atoms with E-state index in [1.165, 1.54) is 231 Å². The fourth-order valence-electron chi connectivity index (χ4n) is 10.5. The van der Waals surface area contributed by atoms with Crippen LogP contribution in [0.1, 0.15) is 367 Å². The number of unbranched alkanes of at least 4 members (excludes halogenated alkanes) is 41. The van der Waals surface area contributed by atoms with Gasteiger partial charge in [0.1, 0.15) is 13.2 Å². The summed E-state index contributed by atoms with van der Waals surface area (Å²) in [6.45, 7) is 6.57. The van der Waals surface area contributed by atoms with E-state index in [0.717, 1.165) is 96.3 Å². The highest BCUT2D eigenvalue weighted by molar-refractivity contribution is 5.71. The fraction of sp³-hybridized carbons (Fsp3) is 0.779. The number of hydrogen-bond donors (Lipinski definition) is 0. The highest BCUT2D eigenvalue weighted by atomic mass is 16.6. The molecule has 0 aromatic rings. The number of allylic oxidation sites excluding steroid dienone is 14. The molecule has 83 heavy (non-hydrogen) atoms. The zero-order valence-electron chi connectivity index (χ0n) is 55.2. The largest absolute Gasteiger partial charge is 0.462 e. The molecule has 1 unspecified atom stereocenters. The van der Waals surface area contributed by atoms with Crippen LogP contribution in [0.4, 0.5) is 0 Å². The summed E-state index contributed by atoms with van der Waals surface area (Å²) in [7, 11) is 0. The number of esters is 3. The highest BCUT2D eigenvalue weighted by Gasteiger charge is 2.19. The standard InChI is InChI=1S/C77H136O6/c1-4-7-10-13-16-19-22-25-28-30-32-34-36-37-38-39-41-42-44-46-49-52-55-58-61-64-67-70-76(79)82-73-74(72-81-75(78)69-66-63-60-57-54-51-48-27-24-21-18-15-12-9-6-3)83-77(80)71-68-65-62-59-56-53-50-47-45-43-40-35-33-31-29-26-23-20-17-14-11-8-5-2/h7,10,16,19,23,25-26,28,31-34,37-38,74H,4-6,8-9,11-15,17-18,20-22,24,27,29-30,35-36,39-73H2,1-3H3/b10-7-,19-16-,26-23-,28-25-,33-31-,34-32-,38-37-. The molecule has 480 valence electrons. The quantitative estimate of drug-likeness (QED) is 0.0261. The Kier molecular flexibility index (Phi) is 68.2. The van der Waals surface area contributed by atoms with Crippen molar-refractivity contribution in [2.24, 2.45) is 0 Å². The van der Waals surface area contributed by atoms with E-state index < -0.39 is 6.10 Å². The maximum atomic E-state index is 13.0. The van der Waals surface area contributed by atoms with Crippen LogP contribution in [0.5, 0.6) is 0 Å². The molecular formula is C77H136O6. The van der Waals surface area contributed by atoms with Gasteiger partial charge in [-0.1, -0.05) is 337 Å². The maximum Gasteiger partial charge on any atom is 0.306 e. The topological polar surface area (TPSA) is 78.9 Å². The number of rotatable bonds is 66. The highest BCUT2D eigenvalue weighted by Crippen LogP contribution is 2.18. The summed E-state index contributed by atoms with van der Waals surface area (Å²) in [6.07, 6.45) is 94.6. The second kappa shape index (κ2) is 71.1. The maximum absolute atomic E-state index is 13.0. The van der Waals surface area contributed by atoms with Gasteiger partial charge in [-0.15, -0.1) is 0 Å². The van der Waals surface area contributed by atoms with Gasteiger partial charge in [0.25, 0.3) is 0 Å². The van der Waals surface area contributed by atoms with Crippen LogP contribution in [0.3, 0.4) is 0 Å². The van der Waals surface area contributed by atoms with E-state index in [4.69, 9.17) is 14.2 Å². The van der Waals surface area contributed by atoms with E-state index in [-0.39, 0.29) is 31.1 Å². The molecule has 0 rings (SSSR count). The van der Waals surface area contributed by atoms with E-state index in [1.54, 1.807) is 0 Å². The second-order valence-corrected chi connectivity index (χ2v) is 24.1. The minimum atomic E-state index is -0.779. The summed E-state index contributed by atoms with van der Waals surface area (Å²) in [4.78, 5) is 38.5. The Balaban J connectivity index is 4.31. The van der Waals surface area contributed by atoms with E-state index in [0.29, 0.717) is 19.3 Å². The molecule has 0 amide bonds. The van der Waals surface area contributed by atoms with Crippen molar-refractivity contribution in [1.29, 1.82) is 0 Å². The Labute approximate surface area is 515 Å². The van der Waals surface area contributed by atoms with Crippen molar-refractivity contribution in [2.75, 3.05) is 13.2 Å². The molecular weight excluding hydrogens is 1020 g/mol. The van der Waals surface area contributed by atoms with Gasteiger partial charge in [-0.2, -0.15) is 0 Å². The fourth-order valence-corrected chi connectivity index (χ4v) is 10.5. The van der Waals surface area contributed by atoms with Crippen molar-refractivity contribution in [3.05, 3.63) is 85.1 Å². The number of carbonyl (C=O) groups excluding carboxylic acids is 3. The summed E-state index contributed by atoms with van der Waals surface area (Å²) < 4.78 is 17.0. The predicted molar refractivity (Wildman–Crippen MR) is 362 cm³/mol. The zero-order chi connectivity index (χ0) is 59.9. The van der Waals surface area contributed by atoms with Gasteiger partial charge in [-0.3, -0.25) is 14.4 Å². The van der Waals surface area contributed by atoms with Crippen molar-refractivity contribution in [2.45, 2.75) is 374 Å². The third kappa shape index (κ3) is 69.3. The summed E-state index contributed by atoms with van der Waals surface area (Å²) in [6, 6.07) is 0. The van der Waals surface area contributed by atoms with Crippen LogP contribution in [-0.4, -0.2) is 37.2 Å². The lowest BCUT2D eigenvalue weighted by Crippen LogP contribution is -2.30. The smallest absolute Gasteiger partial charge is 0.306 e. The van der Waals surface area contributed by atoms with Crippen LogP contribution in [0, 0.1) is 0 Å². The van der Waals surface area contributed by atoms with Gasteiger partial charge >= 0.3 is 17.9 Å². The summed E-state index contributed by atoms with van der Waals surface area (Å²) >= 11 is 0. The number of carbonyl (C=O) groups is 3. The third-order valence-electron chi connectivity index (χ3n) is 15.9. The molecule has 0 heterocycles. The molecule has 0 spiro atoms. The first-order valence-electron chi connectivity index (χ1n) is 36.1. The molecule has 1 atom stereocenters. The minimum Gasteiger partial charge on any atom is -0.462 e. The first kappa shape index (κ1) is 79.6. The summed E-state index contributed by atoms with van der Waals surface area (Å²) in [5.41, 5.74) is 0. The molecule has 0 saturated heterocycles. The lowest BCUT2D eigenvalue weighted by Gasteiger charge is -2.18. The molecule has 0 fully saturated rings. The summed E-state index contributed by atoms with van der Waals surface area (Å²) in [5.74, 6) is -0.857. The van der Waals surface area contributed by atoms with Crippen molar-refractivity contribution in [1.82, 2.24) is 0 Å². The van der Waals surface area contributed by atoms with E-state index in [1.807, 2.05) is 0 Å². The normalized spacial score (nSPS) is 12.6. The summed E-state index contributed by atoms with van der Waals surface area (Å²) in [5, 5.41) is 0. The molecule has 6 nitrogen and oxygen atoms in total. The van der Waals surface area contributed by atoms with Gasteiger partial charge in [0.15, 0.2) is 6.10 Å². The lowest BCUT2D eigenvalue weighted by molar-refractivity contribution is -0.167. The van der Waals surface area contributed by atoms with Gasteiger partial charge in [0, 0.05) is 19.3 Å². The first-order chi connectivity index (χ1) is 41.0. The molecule has 0 aliphatic rings. The predicted octanol–water partition coefficient (Wildman–Crippen LogP) is 25.0. The lowest BCUT2D eigenvalue weighted by atomic mass is 10.0. The van der Waals surface area contributed by atoms with E-state index in [2.05, 4.69) is 106 Å². The molecule has 0 bridgehead atoms. The average molecular weight is 1160 g/mol. The van der Waals surface area contributed by atoms with Gasteiger partial charge in [-0.25, -0.2) is 0 Å². The van der Waals surface area contributed by atoms with Crippen molar-refractivity contribution < 1.29 is 28.6 Å². The van der Waals surface area contributed by atoms with Crippen molar-refractivity contribution in [3.8, 4) is 0 Å². The molecule has 0 aliphatic heterocycles. The minimum absolute atomic E-state index is 0.0735. The zero-order valence-corrected chi connectivity index (χ0v) is 55.2. The van der Waals surface area contributed by atoms with Crippen LogP contribution < -0.4 is 0 Å². The number of ether oxygens (including phenoxy) is 3. The first-order valence-corrected chi connectivity index (χ1v) is 36.1. The Morgan fingerprint density at radius 2 is 0.470 bits per heavy atom. The molecule has 0 aromatic carbocycles. The van der Waals surface area contributed by atoms with Crippen LogP contribution in [0.25, 0.3) is 0 Å². The van der Waals surface area contributed by atoms with E-state index in [9.17, 15) is 14.4 Å². The van der Waals surface area contributed by atoms with Crippen LogP contribution in [-0.2, 0) is 28.6 Å². The molecule has 0 radical (unpaired) electrons. The Bertz CT molecular complexity index is 1570. The molecule has 0 N–H and O–H groups in total. The molecule has 0 aromatic heterocycles. The van der Waals surface area contributed by atoms with Crippen LogP contribution >= 0.6 is 0 Å². The third-order valence-corrected chi connectivity index (χ3v) is 15.9. The Hall–Kier alpha value is -3.41. The average Bonchev–Trinajstić information content (AvgIpc) is 3.49. The van der Waals surface area contributed by atoms with E-state index >= 15 is 0 Å². The molecule has 0 aliphatic carbocycles. The Morgan fingerprint density at radius 1 is 0.253 bits per heavy atom. The van der Waals surface area contributed by atoms with Crippen molar-refractivity contribution >= 4 is 17.9 Å². The monoisotopic (exact) mass is 1160 g/mol. The van der Waals surface area contributed by atoms with Gasteiger partial charge in [-0.05, 0) is 96.3 Å². The van der Waals surface area contributed by atoms with Crippen LogP contribution in [0.15, 0.2) is 85.1 Å².